The van der Waals surface area contributed by atoms with E-state index < -0.39 is 0 Å². The molecule has 4 nitrogen and oxygen atoms in total. The Balaban J connectivity index is 1.82. The summed E-state index contributed by atoms with van der Waals surface area (Å²) in [7, 11) is 2.20. The number of para-hydroxylation sites is 1. The van der Waals surface area contributed by atoms with Gasteiger partial charge in [-0.15, -0.1) is 0 Å². The Hall–Kier alpha value is -1.81. The number of aromatic nitrogens is 2. The van der Waals surface area contributed by atoms with E-state index in [9.17, 15) is 0 Å². The van der Waals surface area contributed by atoms with Crippen LogP contribution in [0, 0.1) is 0 Å². The van der Waals surface area contributed by atoms with Crippen molar-refractivity contribution in [1.82, 2.24) is 14.5 Å². The van der Waals surface area contributed by atoms with Gasteiger partial charge in [0.25, 0.3) is 0 Å². The summed E-state index contributed by atoms with van der Waals surface area (Å²) in [5, 5.41) is 0. The zero-order valence-electron chi connectivity index (χ0n) is 13.0. The van der Waals surface area contributed by atoms with Crippen molar-refractivity contribution in [3.8, 4) is 0 Å². The summed E-state index contributed by atoms with van der Waals surface area (Å²) in [6.45, 7) is 7.56. The number of hydrogen-bond donors (Lipinski definition) is 0. The van der Waals surface area contributed by atoms with E-state index in [1.54, 1.807) is 0 Å². The van der Waals surface area contributed by atoms with Crippen LogP contribution in [0.1, 0.15) is 18.3 Å². The molecule has 0 saturated carbocycles. The summed E-state index contributed by atoms with van der Waals surface area (Å²) in [6, 6.07) is 8.78. The summed E-state index contributed by atoms with van der Waals surface area (Å²) in [5.74, 6) is 1.16. The average Bonchev–Trinajstić information content (AvgIpc) is 2.96. The standard InChI is InChI=1S/C17H24N4/c1-3-17-18-8-9-21(17)14-15-6-4-5-7-16(15)20-12-10-19(2)11-13-20/h4-9H,3,10-14H2,1-2H3. The Morgan fingerprint density at radius 2 is 1.86 bits per heavy atom. The second kappa shape index (κ2) is 6.31. The van der Waals surface area contributed by atoms with E-state index in [4.69, 9.17) is 0 Å². The lowest BCUT2D eigenvalue weighted by atomic mass is 10.1. The van der Waals surface area contributed by atoms with Gasteiger partial charge in [0, 0.05) is 50.7 Å². The first-order valence-electron chi connectivity index (χ1n) is 7.79. The highest BCUT2D eigenvalue weighted by atomic mass is 15.2. The van der Waals surface area contributed by atoms with Crippen LogP contribution in [-0.4, -0.2) is 47.7 Å². The molecule has 1 aliphatic heterocycles. The van der Waals surface area contributed by atoms with Gasteiger partial charge in [0.15, 0.2) is 0 Å². The highest BCUT2D eigenvalue weighted by Gasteiger charge is 2.17. The Morgan fingerprint density at radius 3 is 2.62 bits per heavy atom. The number of aryl methyl sites for hydroxylation is 1. The molecule has 112 valence electrons. The number of rotatable bonds is 4. The number of hydrogen-bond acceptors (Lipinski definition) is 3. The third-order valence-electron chi connectivity index (χ3n) is 4.29. The summed E-state index contributed by atoms with van der Waals surface area (Å²) < 4.78 is 2.26. The number of imidazole rings is 1. The lowest BCUT2D eigenvalue weighted by Crippen LogP contribution is -2.44. The second-order valence-electron chi connectivity index (χ2n) is 5.74. The molecule has 0 amide bonds. The minimum absolute atomic E-state index is 0.908. The second-order valence-corrected chi connectivity index (χ2v) is 5.74. The number of anilines is 1. The van der Waals surface area contributed by atoms with E-state index in [1.165, 1.54) is 11.3 Å². The molecular formula is C17H24N4. The van der Waals surface area contributed by atoms with Crippen molar-refractivity contribution < 1.29 is 0 Å². The van der Waals surface area contributed by atoms with Gasteiger partial charge in [0.1, 0.15) is 5.82 Å². The van der Waals surface area contributed by atoms with Crippen LogP contribution in [0.25, 0.3) is 0 Å². The molecule has 0 bridgehead atoms. The number of nitrogens with zero attached hydrogens (tertiary/aromatic N) is 4. The van der Waals surface area contributed by atoms with Gasteiger partial charge in [-0.25, -0.2) is 4.98 Å². The molecule has 0 aliphatic carbocycles. The van der Waals surface area contributed by atoms with Gasteiger partial charge in [-0.3, -0.25) is 0 Å². The van der Waals surface area contributed by atoms with Crippen LogP contribution in [0.5, 0.6) is 0 Å². The zero-order valence-corrected chi connectivity index (χ0v) is 13.0. The number of likely N-dealkylation sites (N-methyl/N-ethyl adjacent to an activating group) is 1. The predicted molar refractivity (Wildman–Crippen MR) is 86.9 cm³/mol. The topological polar surface area (TPSA) is 24.3 Å². The van der Waals surface area contributed by atoms with Crippen molar-refractivity contribution in [2.75, 3.05) is 38.1 Å². The quantitative estimate of drug-likeness (QED) is 0.860. The van der Waals surface area contributed by atoms with E-state index in [1.807, 2.05) is 6.20 Å². The molecule has 0 radical (unpaired) electrons. The van der Waals surface area contributed by atoms with Gasteiger partial charge in [-0.05, 0) is 18.7 Å². The van der Waals surface area contributed by atoms with Crippen LogP contribution in [-0.2, 0) is 13.0 Å². The first kappa shape index (κ1) is 14.1. The Kier molecular flexibility index (Phi) is 4.25. The van der Waals surface area contributed by atoms with Gasteiger partial charge in [0.2, 0.25) is 0 Å². The molecular weight excluding hydrogens is 260 g/mol. The Labute approximate surface area is 127 Å². The van der Waals surface area contributed by atoms with Crippen LogP contribution < -0.4 is 4.90 Å². The third-order valence-corrected chi connectivity index (χ3v) is 4.29. The molecule has 4 heteroatoms. The molecule has 3 rings (SSSR count). The van der Waals surface area contributed by atoms with Gasteiger partial charge >= 0.3 is 0 Å². The molecule has 21 heavy (non-hydrogen) atoms. The fraction of sp³-hybridized carbons (Fsp3) is 0.471. The molecule has 0 atom stereocenters. The molecule has 2 heterocycles. The number of benzene rings is 1. The summed E-state index contributed by atoms with van der Waals surface area (Å²) in [4.78, 5) is 9.33. The Bertz CT molecular complexity index is 582. The monoisotopic (exact) mass is 284 g/mol. The predicted octanol–water partition coefficient (Wildman–Crippen LogP) is 2.25. The molecule has 1 aliphatic rings. The minimum Gasteiger partial charge on any atom is -0.369 e. The maximum atomic E-state index is 4.43. The van der Waals surface area contributed by atoms with Crippen LogP contribution in [0.2, 0.25) is 0 Å². The van der Waals surface area contributed by atoms with Crippen molar-refractivity contribution in [2.45, 2.75) is 19.9 Å². The van der Waals surface area contributed by atoms with Gasteiger partial charge in [-0.2, -0.15) is 0 Å². The van der Waals surface area contributed by atoms with Crippen LogP contribution in [0.4, 0.5) is 5.69 Å². The molecule has 1 aromatic carbocycles. The molecule has 1 saturated heterocycles. The SMILES string of the molecule is CCc1nccn1Cc1ccccc1N1CCN(C)CC1. The van der Waals surface area contributed by atoms with Crippen LogP contribution in [0.15, 0.2) is 36.7 Å². The van der Waals surface area contributed by atoms with Crippen LogP contribution in [0.3, 0.4) is 0 Å². The number of piperazine rings is 1. The fourth-order valence-corrected chi connectivity index (χ4v) is 2.98. The molecule has 0 N–H and O–H groups in total. The van der Waals surface area contributed by atoms with Crippen molar-refractivity contribution in [3.63, 3.8) is 0 Å². The minimum atomic E-state index is 0.908. The van der Waals surface area contributed by atoms with Gasteiger partial charge < -0.3 is 14.4 Å². The smallest absolute Gasteiger partial charge is 0.108 e. The van der Waals surface area contributed by atoms with Crippen LogP contribution >= 0.6 is 0 Å². The van der Waals surface area contributed by atoms with E-state index in [0.29, 0.717) is 0 Å². The maximum absolute atomic E-state index is 4.43. The normalized spacial score (nSPS) is 16.4. The average molecular weight is 284 g/mol. The molecule has 1 fully saturated rings. The lowest BCUT2D eigenvalue weighted by Gasteiger charge is -2.35. The van der Waals surface area contributed by atoms with Crippen molar-refractivity contribution in [2.24, 2.45) is 0 Å². The van der Waals surface area contributed by atoms with E-state index in [2.05, 4.69) is 63.8 Å². The largest absolute Gasteiger partial charge is 0.369 e. The first-order chi connectivity index (χ1) is 10.3. The van der Waals surface area contributed by atoms with E-state index in [-0.39, 0.29) is 0 Å². The highest BCUT2D eigenvalue weighted by Crippen LogP contribution is 2.23. The van der Waals surface area contributed by atoms with Crippen molar-refractivity contribution >= 4 is 5.69 Å². The van der Waals surface area contributed by atoms with Crippen molar-refractivity contribution in [1.29, 1.82) is 0 Å². The first-order valence-corrected chi connectivity index (χ1v) is 7.79. The summed E-state index contributed by atoms with van der Waals surface area (Å²) in [5.41, 5.74) is 2.76. The molecule has 2 aromatic rings. The van der Waals surface area contributed by atoms with Crippen molar-refractivity contribution in [3.05, 3.63) is 48.0 Å². The molecule has 0 unspecified atom stereocenters. The van der Waals surface area contributed by atoms with E-state index in [0.717, 1.165) is 45.0 Å². The fourth-order valence-electron chi connectivity index (χ4n) is 2.98. The highest BCUT2D eigenvalue weighted by molar-refractivity contribution is 5.54. The summed E-state index contributed by atoms with van der Waals surface area (Å²) in [6.07, 6.45) is 4.96. The lowest BCUT2D eigenvalue weighted by molar-refractivity contribution is 0.312. The van der Waals surface area contributed by atoms with Gasteiger partial charge in [-0.1, -0.05) is 25.1 Å². The zero-order chi connectivity index (χ0) is 14.7. The maximum Gasteiger partial charge on any atom is 0.108 e. The molecule has 1 aromatic heterocycles. The molecule has 0 spiro atoms. The third kappa shape index (κ3) is 3.10. The van der Waals surface area contributed by atoms with Gasteiger partial charge in [0.05, 0.1) is 6.54 Å². The summed E-state index contributed by atoms with van der Waals surface area (Å²) >= 11 is 0. The van der Waals surface area contributed by atoms with E-state index >= 15 is 0 Å². The Morgan fingerprint density at radius 1 is 1.10 bits per heavy atom.